The van der Waals surface area contributed by atoms with E-state index in [9.17, 15) is 9.59 Å². The molecule has 1 unspecified atom stereocenters. The Morgan fingerprint density at radius 3 is 2.35 bits per heavy atom. The average Bonchev–Trinajstić information content (AvgIpc) is 2.43. The molecule has 0 aromatic heterocycles. The Morgan fingerprint density at radius 1 is 1.15 bits per heavy atom. The van der Waals surface area contributed by atoms with E-state index in [0.29, 0.717) is 19.6 Å². The Morgan fingerprint density at radius 2 is 1.80 bits per heavy atom. The molecule has 0 saturated carbocycles. The number of carboxylic acid groups (broad SMARTS) is 1. The fraction of sp³-hybridized carbons (Fsp3) is 0.857. The van der Waals surface area contributed by atoms with Crippen LogP contribution in [-0.4, -0.2) is 43.4 Å². The molecule has 0 radical (unpaired) electrons. The number of unbranched alkanes of at least 4 members (excludes halogenated alkanes) is 1. The minimum Gasteiger partial charge on any atom is -0.481 e. The number of amides is 2. The molecule has 0 saturated heterocycles. The molecule has 0 spiro atoms. The van der Waals surface area contributed by atoms with Crippen LogP contribution >= 0.6 is 0 Å². The highest BCUT2D eigenvalue weighted by Gasteiger charge is 2.31. The van der Waals surface area contributed by atoms with Crippen molar-refractivity contribution in [3.8, 4) is 0 Å². The zero-order valence-corrected chi connectivity index (χ0v) is 12.8. The van der Waals surface area contributed by atoms with Crippen LogP contribution < -0.4 is 10.6 Å². The van der Waals surface area contributed by atoms with Gasteiger partial charge in [-0.05, 0) is 26.2 Å². The summed E-state index contributed by atoms with van der Waals surface area (Å²) in [4.78, 5) is 22.6. The molecule has 20 heavy (non-hydrogen) atoms. The summed E-state index contributed by atoms with van der Waals surface area (Å²) in [7, 11) is 0. The number of ether oxygens (including phenoxy) is 1. The SMILES string of the molecule is CCCCOCCCNC(=O)NCC(C)(CC)C(=O)O. The average molecular weight is 288 g/mol. The van der Waals surface area contributed by atoms with Crippen molar-refractivity contribution in [2.24, 2.45) is 5.41 Å². The van der Waals surface area contributed by atoms with Crippen molar-refractivity contribution in [2.75, 3.05) is 26.3 Å². The highest BCUT2D eigenvalue weighted by molar-refractivity contribution is 5.77. The van der Waals surface area contributed by atoms with Crippen LogP contribution in [-0.2, 0) is 9.53 Å². The second kappa shape index (κ2) is 10.5. The van der Waals surface area contributed by atoms with Gasteiger partial charge in [0, 0.05) is 26.3 Å². The largest absolute Gasteiger partial charge is 0.481 e. The van der Waals surface area contributed by atoms with E-state index in [4.69, 9.17) is 9.84 Å². The fourth-order valence-electron chi connectivity index (χ4n) is 1.41. The lowest BCUT2D eigenvalue weighted by Gasteiger charge is -2.23. The summed E-state index contributed by atoms with van der Waals surface area (Å²) in [5, 5.41) is 14.4. The highest BCUT2D eigenvalue weighted by atomic mass is 16.5. The maximum atomic E-state index is 11.5. The number of urea groups is 1. The van der Waals surface area contributed by atoms with Crippen LogP contribution in [0.3, 0.4) is 0 Å². The molecule has 0 aliphatic carbocycles. The molecular formula is C14H28N2O4. The molecular weight excluding hydrogens is 260 g/mol. The first-order valence-electron chi connectivity index (χ1n) is 7.29. The third kappa shape index (κ3) is 7.99. The standard InChI is InChI=1S/C14H28N2O4/c1-4-6-9-20-10-7-8-15-13(19)16-11-14(3,5-2)12(17)18/h4-11H2,1-3H3,(H,17,18)(H2,15,16,19). The van der Waals surface area contributed by atoms with Gasteiger partial charge < -0.3 is 20.5 Å². The number of rotatable bonds is 11. The number of carbonyl (C=O) groups is 2. The second-order valence-corrected chi connectivity index (χ2v) is 5.15. The predicted octanol–water partition coefficient (Wildman–Crippen LogP) is 1.99. The number of carbonyl (C=O) groups excluding carboxylic acids is 1. The topological polar surface area (TPSA) is 87.7 Å². The fourth-order valence-corrected chi connectivity index (χ4v) is 1.41. The lowest BCUT2D eigenvalue weighted by atomic mass is 9.88. The summed E-state index contributed by atoms with van der Waals surface area (Å²) in [6, 6.07) is -0.334. The first kappa shape index (κ1) is 18.7. The van der Waals surface area contributed by atoms with Gasteiger partial charge in [0.25, 0.3) is 0 Å². The predicted molar refractivity (Wildman–Crippen MR) is 77.8 cm³/mol. The molecule has 0 aromatic carbocycles. The number of hydrogen-bond acceptors (Lipinski definition) is 3. The summed E-state index contributed by atoms with van der Waals surface area (Å²) in [6.45, 7) is 7.55. The van der Waals surface area contributed by atoms with Gasteiger partial charge in [-0.3, -0.25) is 4.79 Å². The van der Waals surface area contributed by atoms with Crippen LogP contribution in [0.1, 0.15) is 46.5 Å². The van der Waals surface area contributed by atoms with Crippen molar-refractivity contribution in [1.82, 2.24) is 10.6 Å². The van der Waals surface area contributed by atoms with E-state index >= 15 is 0 Å². The highest BCUT2D eigenvalue weighted by Crippen LogP contribution is 2.19. The number of carboxylic acids is 1. The van der Waals surface area contributed by atoms with E-state index in [-0.39, 0.29) is 12.6 Å². The summed E-state index contributed by atoms with van der Waals surface area (Å²) in [5.74, 6) is -0.898. The summed E-state index contributed by atoms with van der Waals surface area (Å²) >= 11 is 0. The van der Waals surface area contributed by atoms with Crippen molar-refractivity contribution in [2.45, 2.75) is 46.5 Å². The third-order valence-electron chi connectivity index (χ3n) is 3.33. The van der Waals surface area contributed by atoms with Gasteiger partial charge in [0.15, 0.2) is 0 Å². The van der Waals surface area contributed by atoms with Crippen molar-refractivity contribution in [3.05, 3.63) is 0 Å². The molecule has 118 valence electrons. The third-order valence-corrected chi connectivity index (χ3v) is 3.33. The first-order valence-corrected chi connectivity index (χ1v) is 7.29. The zero-order valence-electron chi connectivity index (χ0n) is 12.8. The van der Waals surface area contributed by atoms with Gasteiger partial charge in [-0.2, -0.15) is 0 Å². The Kier molecular flexibility index (Phi) is 9.80. The maximum Gasteiger partial charge on any atom is 0.314 e. The van der Waals surface area contributed by atoms with Gasteiger partial charge in [0.05, 0.1) is 5.41 Å². The zero-order chi connectivity index (χ0) is 15.4. The van der Waals surface area contributed by atoms with Crippen molar-refractivity contribution < 1.29 is 19.4 Å². The molecule has 6 nitrogen and oxygen atoms in total. The molecule has 2 amide bonds. The van der Waals surface area contributed by atoms with E-state index in [1.807, 2.05) is 0 Å². The molecule has 0 bridgehead atoms. The summed E-state index contributed by atoms with van der Waals surface area (Å²) in [6.07, 6.45) is 3.38. The quantitative estimate of drug-likeness (QED) is 0.507. The van der Waals surface area contributed by atoms with E-state index in [1.165, 1.54) is 0 Å². The Labute approximate surface area is 121 Å². The molecule has 0 fully saturated rings. The van der Waals surface area contributed by atoms with Crippen LogP contribution in [0.15, 0.2) is 0 Å². The van der Waals surface area contributed by atoms with Crippen LogP contribution in [0.4, 0.5) is 4.79 Å². The Bertz CT molecular complexity index is 297. The molecule has 1 atom stereocenters. The van der Waals surface area contributed by atoms with E-state index < -0.39 is 11.4 Å². The normalized spacial score (nSPS) is 13.6. The number of aliphatic carboxylic acids is 1. The van der Waals surface area contributed by atoms with Crippen LogP contribution in [0, 0.1) is 5.41 Å². The van der Waals surface area contributed by atoms with E-state index in [2.05, 4.69) is 17.6 Å². The summed E-state index contributed by atoms with van der Waals surface area (Å²) < 4.78 is 5.37. The van der Waals surface area contributed by atoms with Crippen molar-refractivity contribution >= 4 is 12.0 Å². The monoisotopic (exact) mass is 288 g/mol. The Hall–Kier alpha value is -1.30. The molecule has 0 aliphatic rings. The molecule has 6 heteroatoms. The molecule has 0 aliphatic heterocycles. The van der Waals surface area contributed by atoms with E-state index in [1.54, 1.807) is 13.8 Å². The van der Waals surface area contributed by atoms with Crippen LogP contribution in [0.2, 0.25) is 0 Å². The Balaban J connectivity index is 3.66. The first-order chi connectivity index (χ1) is 9.46. The second-order valence-electron chi connectivity index (χ2n) is 5.15. The van der Waals surface area contributed by atoms with Gasteiger partial charge >= 0.3 is 12.0 Å². The van der Waals surface area contributed by atoms with E-state index in [0.717, 1.165) is 25.9 Å². The van der Waals surface area contributed by atoms with Gasteiger partial charge in [-0.25, -0.2) is 4.79 Å². The summed E-state index contributed by atoms with van der Waals surface area (Å²) in [5.41, 5.74) is -0.916. The van der Waals surface area contributed by atoms with Crippen molar-refractivity contribution in [1.29, 1.82) is 0 Å². The molecule has 0 rings (SSSR count). The molecule has 0 heterocycles. The molecule has 0 aromatic rings. The van der Waals surface area contributed by atoms with Gasteiger partial charge in [0.1, 0.15) is 0 Å². The van der Waals surface area contributed by atoms with Crippen molar-refractivity contribution in [3.63, 3.8) is 0 Å². The number of hydrogen-bond donors (Lipinski definition) is 3. The maximum absolute atomic E-state index is 11.5. The van der Waals surface area contributed by atoms with Gasteiger partial charge in [-0.15, -0.1) is 0 Å². The van der Waals surface area contributed by atoms with Gasteiger partial charge in [0.2, 0.25) is 0 Å². The minimum absolute atomic E-state index is 0.123. The smallest absolute Gasteiger partial charge is 0.314 e. The van der Waals surface area contributed by atoms with Crippen LogP contribution in [0.25, 0.3) is 0 Å². The lowest BCUT2D eigenvalue weighted by Crippen LogP contribution is -2.44. The lowest BCUT2D eigenvalue weighted by molar-refractivity contribution is -0.147. The van der Waals surface area contributed by atoms with Crippen LogP contribution in [0.5, 0.6) is 0 Å². The molecule has 3 N–H and O–H groups in total. The minimum atomic E-state index is -0.916. The number of nitrogens with one attached hydrogen (secondary N) is 2. The van der Waals surface area contributed by atoms with Gasteiger partial charge in [-0.1, -0.05) is 20.3 Å².